The first kappa shape index (κ1) is 16.2. The normalized spacial score (nSPS) is 12.1. The van der Waals surface area contributed by atoms with Gasteiger partial charge in [0.2, 0.25) is 5.91 Å². The van der Waals surface area contributed by atoms with E-state index in [0.29, 0.717) is 4.34 Å². The molecule has 0 aliphatic rings. The Kier molecular flexibility index (Phi) is 5.56. The van der Waals surface area contributed by atoms with Crippen molar-refractivity contribution in [1.82, 2.24) is 5.32 Å². The van der Waals surface area contributed by atoms with E-state index in [-0.39, 0.29) is 30.6 Å². The molecular formula is C15H16ClNO2S2. The van der Waals surface area contributed by atoms with Crippen LogP contribution in [0.3, 0.4) is 0 Å². The molecule has 0 aliphatic carbocycles. The lowest BCUT2D eigenvalue weighted by Gasteiger charge is -2.11. The second-order valence-electron chi connectivity index (χ2n) is 4.76. The summed E-state index contributed by atoms with van der Waals surface area (Å²) in [6, 6.07) is 7.36. The molecule has 1 unspecified atom stereocenters. The second-order valence-corrected chi connectivity index (χ2v) is 7.80. The third-order valence-electron chi connectivity index (χ3n) is 2.99. The summed E-state index contributed by atoms with van der Waals surface area (Å²) in [5.74, 6) is -0.0938. The van der Waals surface area contributed by atoms with Gasteiger partial charge in [-0.1, -0.05) is 11.6 Å². The minimum atomic E-state index is -0.117. The van der Waals surface area contributed by atoms with Crippen molar-refractivity contribution in [2.24, 2.45) is 0 Å². The van der Waals surface area contributed by atoms with E-state index in [1.54, 1.807) is 0 Å². The van der Waals surface area contributed by atoms with Gasteiger partial charge in [0.15, 0.2) is 5.78 Å². The molecule has 0 radical (unpaired) electrons. The molecular weight excluding hydrogens is 326 g/mol. The van der Waals surface area contributed by atoms with Crippen LogP contribution in [0.1, 0.15) is 45.2 Å². The highest BCUT2D eigenvalue weighted by molar-refractivity contribution is 7.16. The van der Waals surface area contributed by atoms with Crippen LogP contribution in [-0.2, 0) is 4.79 Å². The minimum absolute atomic E-state index is 0.0232. The number of hydrogen-bond donors (Lipinski definition) is 1. The van der Waals surface area contributed by atoms with Crippen LogP contribution in [0.15, 0.2) is 24.3 Å². The number of nitrogens with one attached hydrogen (secondary N) is 1. The van der Waals surface area contributed by atoms with Gasteiger partial charge < -0.3 is 5.32 Å². The molecule has 0 saturated heterocycles. The van der Waals surface area contributed by atoms with E-state index in [2.05, 4.69) is 5.32 Å². The maximum absolute atomic E-state index is 11.9. The third kappa shape index (κ3) is 4.66. The molecule has 1 N–H and O–H groups in total. The molecule has 6 heteroatoms. The molecule has 112 valence electrons. The Morgan fingerprint density at radius 2 is 1.95 bits per heavy atom. The maximum Gasteiger partial charge on any atom is 0.220 e. The zero-order valence-electron chi connectivity index (χ0n) is 11.8. The second kappa shape index (κ2) is 7.20. The van der Waals surface area contributed by atoms with Gasteiger partial charge in [0, 0.05) is 22.6 Å². The lowest BCUT2D eigenvalue weighted by Crippen LogP contribution is -2.26. The first-order valence-corrected chi connectivity index (χ1v) is 8.61. The van der Waals surface area contributed by atoms with Gasteiger partial charge in [0.05, 0.1) is 15.3 Å². The van der Waals surface area contributed by atoms with E-state index in [0.717, 1.165) is 14.6 Å². The van der Waals surface area contributed by atoms with Crippen molar-refractivity contribution in [3.05, 3.63) is 43.2 Å². The highest BCUT2D eigenvalue weighted by Gasteiger charge is 2.14. The Bertz CT molecular complexity index is 648. The summed E-state index contributed by atoms with van der Waals surface area (Å²) in [7, 11) is 0. The first-order chi connectivity index (χ1) is 9.95. The smallest absolute Gasteiger partial charge is 0.220 e. The molecule has 1 amide bonds. The maximum atomic E-state index is 11.9. The number of halogens is 1. The van der Waals surface area contributed by atoms with Crippen LogP contribution in [0.5, 0.6) is 0 Å². The fourth-order valence-electron chi connectivity index (χ4n) is 1.88. The monoisotopic (exact) mass is 341 g/mol. The molecule has 2 heterocycles. The van der Waals surface area contributed by atoms with E-state index in [9.17, 15) is 9.59 Å². The van der Waals surface area contributed by atoms with Gasteiger partial charge in [-0.2, -0.15) is 0 Å². The molecule has 0 saturated carbocycles. The summed E-state index contributed by atoms with van der Waals surface area (Å²) in [5.41, 5.74) is 0. The molecule has 2 rings (SSSR count). The van der Waals surface area contributed by atoms with Gasteiger partial charge in [0.25, 0.3) is 0 Å². The number of ketones is 1. The molecule has 0 aliphatic heterocycles. The summed E-state index contributed by atoms with van der Waals surface area (Å²) in [6.45, 7) is 3.87. The van der Waals surface area contributed by atoms with Crippen molar-refractivity contribution in [1.29, 1.82) is 0 Å². The topological polar surface area (TPSA) is 46.2 Å². The van der Waals surface area contributed by atoms with Crippen molar-refractivity contribution in [2.45, 2.75) is 32.7 Å². The molecule has 1 atom stereocenters. The van der Waals surface area contributed by atoms with Crippen molar-refractivity contribution < 1.29 is 9.59 Å². The lowest BCUT2D eigenvalue weighted by molar-refractivity contribution is -0.121. The van der Waals surface area contributed by atoms with Crippen LogP contribution in [0.2, 0.25) is 4.34 Å². The van der Waals surface area contributed by atoms with Crippen LogP contribution >= 0.6 is 34.3 Å². The highest BCUT2D eigenvalue weighted by Crippen LogP contribution is 2.26. The van der Waals surface area contributed by atoms with Crippen LogP contribution in [0.25, 0.3) is 0 Å². The average molecular weight is 342 g/mol. The number of thiophene rings is 2. The zero-order chi connectivity index (χ0) is 15.4. The van der Waals surface area contributed by atoms with Gasteiger partial charge in [0.1, 0.15) is 0 Å². The van der Waals surface area contributed by atoms with Crippen molar-refractivity contribution >= 4 is 46.0 Å². The van der Waals surface area contributed by atoms with E-state index in [1.165, 1.54) is 22.7 Å². The fraction of sp³-hybridized carbons (Fsp3) is 0.333. The standard InChI is InChI=1S/C15H16ClNO2S2/c1-9-3-5-13(20-9)11(18)4-8-15(19)17-10(2)12-6-7-14(16)21-12/h3,5-7,10H,4,8H2,1-2H3,(H,17,19). The van der Waals surface area contributed by atoms with Crippen molar-refractivity contribution in [3.8, 4) is 0 Å². The Hall–Kier alpha value is -1.17. The zero-order valence-corrected chi connectivity index (χ0v) is 14.2. The van der Waals surface area contributed by atoms with E-state index < -0.39 is 0 Å². The number of carbonyl (C=O) groups is 2. The van der Waals surface area contributed by atoms with Crippen LogP contribution in [-0.4, -0.2) is 11.7 Å². The highest BCUT2D eigenvalue weighted by atomic mass is 35.5. The van der Waals surface area contributed by atoms with Gasteiger partial charge in [-0.25, -0.2) is 0 Å². The van der Waals surface area contributed by atoms with Crippen molar-refractivity contribution in [3.63, 3.8) is 0 Å². The molecule has 0 fully saturated rings. The summed E-state index contributed by atoms with van der Waals surface area (Å²) >= 11 is 8.79. The average Bonchev–Trinajstić information content (AvgIpc) is 3.04. The number of hydrogen-bond acceptors (Lipinski definition) is 4. The molecule has 21 heavy (non-hydrogen) atoms. The van der Waals surface area contributed by atoms with E-state index >= 15 is 0 Å². The number of aryl methyl sites for hydroxylation is 1. The molecule has 3 nitrogen and oxygen atoms in total. The van der Waals surface area contributed by atoms with Gasteiger partial charge in [-0.15, -0.1) is 22.7 Å². The van der Waals surface area contributed by atoms with Gasteiger partial charge in [-0.3, -0.25) is 9.59 Å². The Balaban J connectivity index is 1.81. The summed E-state index contributed by atoms with van der Waals surface area (Å²) < 4.78 is 0.703. The van der Waals surface area contributed by atoms with Crippen LogP contribution in [0, 0.1) is 6.92 Å². The summed E-state index contributed by atoms with van der Waals surface area (Å²) in [4.78, 5) is 26.7. The quantitative estimate of drug-likeness (QED) is 0.780. The van der Waals surface area contributed by atoms with E-state index in [4.69, 9.17) is 11.6 Å². The molecule has 0 aromatic carbocycles. The molecule has 0 spiro atoms. The molecule has 0 bridgehead atoms. The Morgan fingerprint density at radius 3 is 2.52 bits per heavy atom. The van der Waals surface area contributed by atoms with Gasteiger partial charge in [-0.05, 0) is 38.1 Å². The first-order valence-electron chi connectivity index (χ1n) is 6.60. The van der Waals surface area contributed by atoms with Gasteiger partial charge >= 0.3 is 0 Å². The number of Topliss-reactive ketones (excluding diaryl/α,β-unsaturated/α-hetero) is 1. The third-order valence-corrected chi connectivity index (χ3v) is 5.45. The van der Waals surface area contributed by atoms with Crippen LogP contribution < -0.4 is 5.32 Å². The minimum Gasteiger partial charge on any atom is -0.349 e. The number of carbonyl (C=O) groups excluding carboxylic acids is 2. The van der Waals surface area contributed by atoms with Crippen LogP contribution in [0.4, 0.5) is 0 Å². The Labute approximate surface area is 136 Å². The summed E-state index contributed by atoms with van der Waals surface area (Å²) in [6.07, 6.45) is 0.447. The molecule has 2 aromatic rings. The van der Waals surface area contributed by atoms with E-state index in [1.807, 2.05) is 38.1 Å². The Morgan fingerprint density at radius 1 is 1.19 bits per heavy atom. The number of rotatable bonds is 6. The predicted octanol–water partition coefficient (Wildman–Crippen LogP) is 4.61. The largest absolute Gasteiger partial charge is 0.349 e. The number of amides is 1. The fourth-order valence-corrected chi connectivity index (χ4v) is 3.78. The summed E-state index contributed by atoms with van der Waals surface area (Å²) in [5, 5.41) is 2.89. The SMILES string of the molecule is Cc1ccc(C(=O)CCC(=O)NC(C)c2ccc(Cl)s2)s1. The van der Waals surface area contributed by atoms with Crippen molar-refractivity contribution in [2.75, 3.05) is 0 Å². The molecule has 2 aromatic heterocycles. The lowest BCUT2D eigenvalue weighted by atomic mass is 10.1. The predicted molar refractivity (Wildman–Crippen MR) is 88.5 cm³/mol.